The Labute approximate surface area is 115 Å². The van der Waals surface area contributed by atoms with Gasteiger partial charge in [0.2, 0.25) is 0 Å². The highest BCUT2D eigenvalue weighted by atomic mass is 15.0. The number of aromatic nitrogens is 2. The van der Waals surface area contributed by atoms with E-state index in [-0.39, 0.29) is 6.04 Å². The van der Waals surface area contributed by atoms with Crippen LogP contribution in [0.25, 0.3) is 0 Å². The van der Waals surface area contributed by atoms with Crippen LogP contribution in [0.4, 0.5) is 5.82 Å². The Morgan fingerprint density at radius 3 is 2.42 bits per heavy atom. The zero-order valence-electron chi connectivity index (χ0n) is 11.9. The minimum Gasteiger partial charge on any atom is -0.363 e. The number of nitrogens with one attached hydrogen (secondary N) is 1. The monoisotopic (exact) mass is 255 g/mol. The normalized spacial score (nSPS) is 12.2. The first kappa shape index (κ1) is 13.5. The molecule has 0 radical (unpaired) electrons. The van der Waals surface area contributed by atoms with Crippen LogP contribution < -0.4 is 5.32 Å². The molecule has 0 amide bonds. The van der Waals surface area contributed by atoms with Crippen LogP contribution in [0, 0.1) is 0 Å². The molecule has 1 heterocycles. The summed E-state index contributed by atoms with van der Waals surface area (Å²) in [5.74, 6) is 0.964. The van der Waals surface area contributed by atoms with Crippen LogP contribution >= 0.6 is 0 Å². The average Bonchev–Trinajstić information content (AvgIpc) is 2.47. The first-order valence-electron chi connectivity index (χ1n) is 6.90. The van der Waals surface area contributed by atoms with Crippen LogP contribution in [-0.4, -0.2) is 9.97 Å². The van der Waals surface area contributed by atoms with Gasteiger partial charge in [-0.15, -0.1) is 0 Å². The van der Waals surface area contributed by atoms with Gasteiger partial charge in [-0.05, 0) is 25.3 Å². The highest BCUT2D eigenvalue weighted by molar-refractivity contribution is 5.47. The standard InChI is InChI=1S/C16H21N3/c1-4-14-15(5-2)17-11-18-16(14)19-12(3)13-9-7-6-8-10-13/h6-12H,4-5H2,1-3H3,(H,17,18,19). The van der Waals surface area contributed by atoms with Crippen LogP contribution in [0.3, 0.4) is 0 Å². The maximum atomic E-state index is 4.40. The molecule has 1 N–H and O–H groups in total. The van der Waals surface area contributed by atoms with Crippen molar-refractivity contribution in [1.82, 2.24) is 9.97 Å². The fourth-order valence-electron chi connectivity index (χ4n) is 2.28. The molecule has 1 unspecified atom stereocenters. The summed E-state index contributed by atoms with van der Waals surface area (Å²) < 4.78 is 0. The van der Waals surface area contributed by atoms with Crippen molar-refractivity contribution in [1.29, 1.82) is 0 Å². The van der Waals surface area contributed by atoms with E-state index >= 15 is 0 Å². The number of aryl methyl sites for hydroxylation is 1. The zero-order valence-corrected chi connectivity index (χ0v) is 11.9. The molecule has 0 aliphatic rings. The van der Waals surface area contributed by atoms with Crippen molar-refractivity contribution in [3.05, 3.63) is 53.5 Å². The van der Waals surface area contributed by atoms with Gasteiger partial charge in [0.25, 0.3) is 0 Å². The minimum absolute atomic E-state index is 0.242. The number of nitrogens with zero attached hydrogens (tertiary/aromatic N) is 2. The molecule has 19 heavy (non-hydrogen) atoms. The third-order valence-corrected chi connectivity index (χ3v) is 3.38. The predicted octanol–water partition coefficient (Wildman–Crippen LogP) is 3.77. The molecule has 3 heteroatoms. The smallest absolute Gasteiger partial charge is 0.133 e. The molecule has 1 atom stereocenters. The lowest BCUT2D eigenvalue weighted by Crippen LogP contribution is -2.11. The molecule has 0 spiro atoms. The lowest BCUT2D eigenvalue weighted by Gasteiger charge is -2.18. The Morgan fingerprint density at radius 2 is 1.79 bits per heavy atom. The Kier molecular flexibility index (Phi) is 4.50. The molecule has 1 aromatic heterocycles. The van der Waals surface area contributed by atoms with Crippen LogP contribution in [0.15, 0.2) is 36.7 Å². The second kappa shape index (κ2) is 6.32. The summed E-state index contributed by atoms with van der Waals surface area (Å²) in [7, 11) is 0. The van der Waals surface area contributed by atoms with E-state index < -0.39 is 0 Å². The molecule has 0 bridgehead atoms. The van der Waals surface area contributed by atoms with E-state index in [1.54, 1.807) is 6.33 Å². The highest BCUT2D eigenvalue weighted by Crippen LogP contribution is 2.22. The first-order chi connectivity index (χ1) is 9.26. The van der Waals surface area contributed by atoms with Crippen LogP contribution in [0.5, 0.6) is 0 Å². The van der Waals surface area contributed by atoms with Gasteiger partial charge in [-0.25, -0.2) is 9.97 Å². The third kappa shape index (κ3) is 3.11. The molecule has 0 saturated heterocycles. The molecular formula is C16H21N3. The maximum Gasteiger partial charge on any atom is 0.133 e. The zero-order chi connectivity index (χ0) is 13.7. The highest BCUT2D eigenvalue weighted by Gasteiger charge is 2.11. The van der Waals surface area contributed by atoms with Crippen molar-refractivity contribution >= 4 is 5.82 Å². The van der Waals surface area contributed by atoms with E-state index in [2.05, 4.69) is 60.3 Å². The molecule has 0 saturated carbocycles. The van der Waals surface area contributed by atoms with E-state index in [1.165, 1.54) is 11.1 Å². The Morgan fingerprint density at radius 1 is 1.05 bits per heavy atom. The molecule has 3 nitrogen and oxygen atoms in total. The van der Waals surface area contributed by atoms with Gasteiger partial charge in [0.05, 0.1) is 0 Å². The minimum atomic E-state index is 0.242. The fourth-order valence-corrected chi connectivity index (χ4v) is 2.28. The van der Waals surface area contributed by atoms with Gasteiger partial charge in [-0.2, -0.15) is 0 Å². The van der Waals surface area contributed by atoms with Gasteiger partial charge in [-0.3, -0.25) is 0 Å². The molecule has 2 rings (SSSR count). The lowest BCUT2D eigenvalue weighted by molar-refractivity contribution is 0.850. The summed E-state index contributed by atoms with van der Waals surface area (Å²) in [6.07, 6.45) is 3.55. The fraction of sp³-hybridized carbons (Fsp3) is 0.375. The average molecular weight is 255 g/mol. The van der Waals surface area contributed by atoms with E-state index in [0.717, 1.165) is 24.4 Å². The maximum absolute atomic E-state index is 4.40. The topological polar surface area (TPSA) is 37.8 Å². The van der Waals surface area contributed by atoms with Crippen molar-refractivity contribution in [3.8, 4) is 0 Å². The third-order valence-electron chi connectivity index (χ3n) is 3.38. The molecule has 2 aromatic rings. The molecule has 100 valence electrons. The number of benzene rings is 1. The van der Waals surface area contributed by atoms with E-state index in [1.807, 2.05) is 6.07 Å². The molecule has 0 fully saturated rings. The van der Waals surface area contributed by atoms with Crippen molar-refractivity contribution in [3.63, 3.8) is 0 Å². The predicted molar refractivity (Wildman–Crippen MR) is 79.3 cm³/mol. The Balaban J connectivity index is 2.24. The SMILES string of the molecule is CCc1ncnc(NC(C)c2ccccc2)c1CC. The molecule has 1 aromatic carbocycles. The summed E-state index contributed by atoms with van der Waals surface area (Å²) >= 11 is 0. The van der Waals surface area contributed by atoms with Crippen LogP contribution in [-0.2, 0) is 12.8 Å². The van der Waals surface area contributed by atoms with Crippen LogP contribution in [0.2, 0.25) is 0 Å². The largest absolute Gasteiger partial charge is 0.363 e. The number of hydrogen-bond acceptors (Lipinski definition) is 3. The van der Waals surface area contributed by atoms with Crippen molar-refractivity contribution in [2.75, 3.05) is 5.32 Å². The van der Waals surface area contributed by atoms with Gasteiger partial charge in [0.1, 0.15) is 12.1 Å². The van der Waals surface area contributed by atoms with Crippen LogP contribution in [0.1, 0.15) is 43.6 Å². The van der Waals surface area contributed by atoms with Gasteiger partial charge in [-0.1, -0.05) is 44.2 Å². The number of hydrogen-bond donors (Lipinski definition) is 1. The number of rotatable bonds is 5. The Hall–Kier alpha value is -1.90. The second-order valence-corrected chi connectivity index (χ2v) is 4.63. The quantitative estimate of drug-likeness (QED) is 0.883. The first-order valence-corrected chi connectivity index (χ1v) is 6.90. The molecule has 0 aliphatic carbocycles. The van der Waals surface area contributed by atoms with E-state index in [4.69, 9.17) is 0 Å². The van der Waals surface area contributed by atoms with E-state index in [9.17, 15) is 0 Å². The molecule has 0 aliphatic heterocycles. The van der Waals surface area contributed by atoms with Gasteiger partial charge in [0.15, 0.2) is 0 Å². The molecular weight excluding hydrogens is 234 g/mol. The Bertz CT molecular complexity index is 523. The van der Waals surface area contributed by atoms with Crippen molar-refractivity contribution in [2.24, 2.45) is 0 Å². The summed E-state index contributed by atoms with van der Waals surface area (Å²) in [5, 5.41) is 3.50. The number of anilines is 1. The lowest BCUT2D eigenvalue weighted by atomic mass is 10.1. The van der Waals surface area contributed by atoms with Gasteiger partial charge in [0, 0.05) is 17.3 Å². The summed E-state index contributed by atoms with van der Waals surface area (Å²) in [5.41, 5.74) is 3.63. The van der Waals surface area contributed by atoms with Gasteiger partial charge < -0.3 is 5.32 Å². The summed E-state index contributed by atoms with van der Waals surface area (Å²) in [6.45, 7) is 6.44. The van der Waals surface area contributed by atoms with E-state index in [0.29, 0.717) is 0 Å². The second-order valence-electron chi connectivity index (χ2n) is 4.63. The summed E-state index contributed by atoms with van der Waals surface area (Å²) in [4.78, 5) is 8.76. The van der Waals surface area contributed by atoms with Crippen molar-refractivity contribution < 1.29 is 0 Å². The van der Waals surface area contributed by atoms with Crippen molar-refractivity contribution in [2.45, 2.75) is 39.7 Å². The van der Waals surface area contributed by atoms with Gasteiger partial charge >= 0.3 is 0 Å². The summed E-state index contributed by atoms with van der Waals surface area (Å²) in [6, 6.07) is 10.7.